The monoisotopic (exact) mass is 484 g/mol. The molecule has 34 heavy (non-hydrogen) atoms. The Morgan fingerprint density at radius 1 is 1.03 bits per heavy atom. The molecule has 1 aliphatic rings. The van der Waals surface area contributed by atoms with Crippen molar-refractivity contribution >= 4 is 21.7 Å². The smallest absolute Gasteiger partial charge is 0.256 e. The van der Waals surface area contributed by atoms with Crippen molar-refractivity contribution in [1.82, 2.24) is 14.1 Å². The Kier molecular flexibility index (Phi) is 6.74. The summed E-state index contributed by atoms with van der Waals surface area (Å²) in [4.78, 5) is 13.1. The molecule has 2 heterocycles. The molecule has 1 aromatic heterocycles. The van der Waals surface area contributed by atoms with Gasteiger partial charge in [0.25, 0.3) is 5.91 Å². The first-order valence-electron chi connectivity index (χ1n) is 10.9. The zero-order valence-corrected chi connectivity index (χ0v) is 20.5. The number of aryl methyl sites for hydroxylation is 3. The number of benzene rings is 2. The second kappa shape index (κ2) is 9.57. The minimum Gasteiger partial charge on any atom is -0.495 e. The lowest BCUT2D eigenvalue weighted by molar-refractivity contribution is 0.0729. The van der Waals surface area contributed by atoms with Gasteiger partial charge in [0.05, 0.1) is 31.7 Å². The highest BCUT2D eigenvalue weighted by Crippen LogP contribution is 2.29. The number of sulfonamides is 1. The lowest BCUT2D eigenvalue weighted by atomic mass is 10.1. The van der Waals surface area contributed by atoms with E-state index in [1.165, 1.54) is 29.6 Å². The van der Waals surface area contributed by atoms with Crippen LogP contribution in [0.5, 0.6) is 5.75 Å². The Bertz CT molecular complexity index is 1310. The molecule has 1 N–H and O–H groups in total. The van der Waals surface area contributed by atoms with Crippen molar-refractivity contribution in [2.45, 2.75) is 25.7 Å². The van der Waals surface area contributed by atoms with Gasteiger partial charge in [-0.15, -0.1) is 0 Å². The van der Waals surface area contributed by atoms with Crippen molar-refractivity contribution in [2.24, 2.45) is 0 Å². The van der Waals surface area contributed by atoms with E-state index in [0.717, 1.165) is 22.5 Å². The average molecular weight is 485 g/mol. The van der Waals surface area contributed by atoms with Gasteiger partial charge in [0, 0.05) is 24.7 Å². The van der Waals surface area contributed by atoms with Crippen LogP contribution in [0, 0.1) is 20.8 Å². The lowest BCUT2D eigenvalue weighted by Gasteiger charge is -2.26. The Hall–Kier alpha value is -3.21. The largest absolute Gasteiger partial charge is 0.495 e. The van der Waals surface area contributed by atoms with Gasteiger partial charge in [-0.3, -0.25) is 4.79 Å². The van der Waals surface area contributed by atoms with E-state index in [0.29, 0.717) is 19.0 Å². The van der Waals surface area contributed by atoms with Crippen LogP contribution in [0.4, 0.5) is 5.82 Å². The number of nitrogens with one attached hydrogen (secondary N) is 1. The number of rotatable bonds is 6. The Labute approximate surface area is 199 Å². The van der Waals surface area contributed by atoms with Crippen LogP contribution in [-0.4, -0.2) is 61.8 Å². The van der Waals surface area contributed by atoms with Gasteiger partial charge in [-0.2, -0.15) is 9.40 Å². The summed E-state index contributed by atoms with van der Waals surface area (Å²) >= 11 is 0. The molecular weight excluding hydrogens is 456 g/mol. The zero-order valence-electron chi connectivity index (χ0n) is 19.7. The van der Waals surface area contributed by atoms with Crippen molar-refractivity contribution in [3.8, 4) is 11.4 Å². The molecule has 10 heteroatoms. The summed E-state index contributed by atoms with van der Waals surface area (Å²) in [6.07, 6.45) is 0. The highest BCUT2D eigenvalue weighted by Gasteiger charge is 2.30. The number of nitrogens with zero attached hydrogens (tertiary/aromatic N) is 3. The average Bonchev–Trinajstić information content (AvgIpc) is 3.18. The first-order valence-corrected chi connectivity index (χ1v) is 12.4. The van der Waals surface area contributed by atoms with Gasteiger partial charge in [0.15, 0.2) is 0 Å². The summed E-state index contributed by atoms with van der Waals surface area (Å²) in [6, 6.07) is 12.2. The zero-order chi connectivity index (χ0) is 24.5. The molecule has 1 fully saturated rings. The van der Waals surface area contributed by atoms with Crippen LogP contribution in [0.15, 0.2) is 47.4 Å². The molecule has 4 rings (SSSR count). The molecular formula is C24H28N4O5S. The SMILES string of the molecule is COc1ccc(C(=O)Nc2cc(C)nn2-c2cc(C)cc(C)c2)cc1S(=O)(=O)N1CCOCC1. The van der Waals surface area contributed by atoms with E-state index in [-0.39, 0.29) is 29.3 Å². The molecule has 1 aliphatic heterocycles. The number of carbonyl (C=O) groups is 1. The molecule has 0 unspecified atom stereocenters. The van der Waals surface area contributed by atoms with Crippen LogP contribution in [0.25, 0.3) is 5.69 Å². The van der Waals surface area contributed by atoms with Crippen LogP contribution in [0.3, 0.4) is 0 Å². The van der Waals surface area contributed by atoms with Gasteiger partial charge < -0.3 is 14.8 Å². The molecule has 0 saturated carbocycles. The van der Waals surface area contributed by atoms with E-state index in [2.05, 4.69) is 16.5 Å². The Morgan fingerprint density at radius 3 is 2.35 bits per heavy atom. The number of aromatic nitrogens is 2. The maximum absolute atomic E-state index is 13.3. The molecule has 0 radical (unpaired) electrons. The van der Waals surface area contributed by atoms with Crippen LogP contribution in [0.2, 0.25) is 0 Å². The fraction of sp³-hybridized carbons (Fsp3) is 0.333. The van der Waals surface area contributed by atoms with Crippen LogP contribution in [-0.2, 0) is 14.8 Å². The van der Waals surface area contributed by atoms with Crippen molar-refractivity contribution in [3.63, 3.8) is 0 Å². The summed E-state index contributed by atoms with van der Waals surface area (Å²) in [5.74, 6) is 0.215. The number of amides is 1. The first-order chi connectivity index (χ1) is 16.2. The second-order valence-corrected chi connectivity index (χ2v) is 10.2. The molecule has 9 nitrogen and oxygen atoms in total. The number of morpholine rings is 1. The standard InChI is InChI=1S/C24H28N4O5S/c1-16-11-17(2)13-20(12-16)28-23(14-18(3)26-28)25-24(29)19-5-6-21(32-4)22(15-19)34(30,31)27-7-9-33-10-8-27/h5-6,11-15H,7-10H2,1-4H3,(H,25,29). The lowest BCUT2D eigenvalue weighted by Crippen LogP contribution is -2.40. The molecule has 0 atom stereocenters. The molecule has 0 aliphatic carbocycles. The fourth-order valence-corrected chi connectivity index (χ4v) is 5.58. The third-order valence-corrected chi connectivity index (χ3v) is 7.46. The number of hydrogen-bond acceptors (Lipinski definition) is 6. The second-order valence-electron chi connectivity index (χ2n) is 8.26. The van der Waals surface area contributed by atoms with E-state index in [1.807, 2.05) is 32.9 Å². The van der Waals surface area contributed by atoms with Crippen LogP contribution < -0.4 is 10.1 Å². The number of hydrogen-bond donors (Lipinski definition) is 1. The fourth-order valence-electron chi connectivity index (χ4n) is 3.99. The van der Waals surface area contributed by atoms with E-state index in [9.17, 15) is 13.2 Å². The number of ether oxygens (including phenoxy) is 2. The van der Waals surface area contributed by atoms with E-state index >= 15 is 0 Å². The normalized spacial score (nSPS) is 14.7. The number of methoxy groups -OCH3 is 1. The van der Waals surface area contributed by atoms with Crippen LogP contribution >= 0.6 is 0 Å². The molecule has 0 bridgehead atoms. The van der Waals surface area contributed by atoms with Gasteiger partial charge >= 0.3 is 0 Å². The minimum atomic E-state index is -3.86. The quantitative estimate of drug-likeness (QED) is 0.577. The van der Waals surface area contributed by atoms with Crippen LogP contribution in [0.1, 0.15) is 27.2 Å². The molecule has 0 spiro atoms. The third kappa shape index (κ3) is 4.84. The van der Waals surface area contributed by atoms with Crippen molar-refractivity contribution in [2.75, 3.05) is 38.7 Å². The van der Waals surface area contributed by atoms with Gasteiger partial charge in [-0.25, -0.2) is 13.1 Å². The first kappa shape index (κ1) is 23.9. The summed E-state index contributed by atoms with van der Waals surface area (Å²) in [5.41, 5.74) is 3.91. The predicted octanol–water partition coefficient (Wildman–Crippen LogP) is 3.08. The van der Waals surface area contributed by atoms with Crippen molar-refractivity contribution in [1.29, 1.82) is 0 Å². The van der Waals surface area contributed by atoms with Crippen molar-refractivity contribution in [3.05, 3.63) is 64.8 Å². The molecule has 2 aromatic carbocycles. The van der Waals surface area contributed by atoms with Gasteiger partial charge in [-0.05, 0) is 62.2 Å². The van der Waals surface area contributed by atoms with E-state index < -0.39 is 15.9 Å². The molecule has 1 saturated heterocycles. The minimum absolute atomic E-state index is 0.0523. The number of anilines is 1. The Morgan fingerprint density at radius 2 is 1.71 bits per heavy atom. The van der Waals surface area contributed by atoms with E-state index in [1.54, 1.807) is 10.7 Å². The third-order valence-electron chi connectivity index (χ3n) is 5.54. The maximum Gasteiger partial charge on any atom is 0.256 e. The van der Waals surface area contributed by atoms with Gasteiger partial charge in [-0.1, -0.05) is 6.07 Å². The molecule has 1 amide bonds. The summed E-state index contributed by atoms with van der Waals surface area (Å²) in [5, 5.41) is 7.40. The molecule has 3 aromatic rings. The van der Waals surface area contributed by atoms with Crippen molar-refractivity contribution < 1.29 is 22.7 Å². The highest BCUT2D eigenvalue weighted by atomic mass is 32.2. The van der Waals surface area contributed by atoms with E-state index in [4.69, 9.17) is 9.47 Å². The molecule has 180 valence electrons. The van der Waals surface area contributed by atoms with Gasteiger partial charge in [0.1, 0.15) is 16.5 Å². The van der Waals surface area contributed by atoms with Gasteiger partial charge in [0.2, 0.25) is 10.0 Å². The summed E-state index contributed by atoms with van der Waals surface area (Å²) in [6.45, 7) is 6.98. The summed E-state index contributed by atoms with van der Waals surface area (Å²) < 4.78 is 40.1. The summed E-state index contributed by atoms with van der Waals surface area (Å²) in [7, 11) is -2.46. The maximum atomic E-state index is 13.3. The predicted molar refractivity (Wildman–Crippen MR) is 128 cm³/mol. The number of carbonyl (C=O) groups excluding carboxylic acids is 1. The Balaban J connectivity index is 1.67. The highest BCUT2D eigenvalue weighted by molar-refractivity contribution is 7.89. The topological polar surface area (TPSA) is 103 Å².